The second-order valence-electron chi connectivity index (χ2n) is 4.68. The summed E-state index contributed by atoms with van der Waals surface area (Å²) in [6, 6.07) is 6.06. The summed E-state index contributed by atoms with van der Waals surface area (Å²) in [5.74, 6) is 0.786. The predicted octanol–water partition coefficient (Wildman–Crippen LogP) is 4.03. The van der Waals surface area contributed by atoms with Gasteiger partial charge in [-0.3, -0.25) is 4.68 Å². The molecule has 0 fully saturated rings. The summed E-state index contributed by atoms with van der Waals surface area (Å²) in [6.45, 7) is 6.01. The predicted molar refractivity (Wildman–Crippen MR) is 91.3 cm³/mol. The van der Waals surface area contributed by atoms with Crippen molar-refractivity contribution in [3.63, 3.8) is 0 Å². The van der Waals surface area contributed by atoms with Gasteiger partial charge in [0.2, 0.25) is 0 Å². The van der Waals surface area contributed by atoms with E-state index in [4.69, 9.17) is 10.5 Å². The Hall–Kier alpha value is -0.850. The Kier molecular flexibility index (Phi) is 5.84. The van der Waals surface area contributed by atoms with Gasteiger partial charge in [-0.2, -0.15) is 5.10 Å². The van der Waals surface area contributed by atoms with Crippen LogP contribution in [0, 0.1) is 0 Å². The topological polar surface area (TPSA) is 53.1 Å². The third kappa shape index (κ3) is 3.87. The van der Waals surface area contributed by atoms with Gasteiger partial charge >= 0.3 is 0 Å². The van der Waals surface area contributed by atoms with Crippen molar-refractivity contribution in [1.29, 1.82) is 0 Å². The van der Waals surface area contributed by atoms with E-state index in [-0.39, 0.29) is 0 Å². The molecule has 1 heterocycles. The first-order chi connectivity index (χ1) is 10.1. The van der Waals surface area contributed by atoms with Gasteiger partial charge < -0.3 is 10.5 Å². The zero-order valence-corrected chi connectivity index (χ0v) is 15.4. The van der Waals surface area contributed by atoms with Crippen LogP contribution in [0.5, 0.6) is 5.75 Å². The van der Waals surface area contributed by atoms with Gasteiger partial charge in [-0.1, -0.05) is 6.92 Å². The number of nitrogens with two attached hydrogens (primary N) is 1. The normalized spacial score (nSPS) is 10.9. The summed E-state index contributed by atoms with van der Waals surface area (Å²) in [4.78, 5) is 0. The number of aryl methyl sites for hydroxylation is 2. The number of benzene rings is 1. The molecule has 2 N–H and O–H groups in total. The zero-order valence-electron chi connectivity index (χ0n) is 12.2. The Morgan fingerprint density at radius 2 is 1.86 bits per heavy atom. The van der Waals surface area contributed by atoms with Crippen molar-refractivity contribution in [2.75, 3.05) is 0 Å². The van der Waals surface area contributed by atoms with Crippen LogP contribution in [0.15, 0.2) is 27.1 Å². The molecule has 0 unspecified atom stereocenters. The molecular weight excluding hydrogens is 398 g/mol. The minimum atomic E-state index is 0.486. The molecule has 6 heteroatoms. The fourth-order valence-electron chi connectivity index (χ4n) is 2.09. The Morgan fingerprint density at radius 1 is 1.19 bits per heavy atom. The summed E-state index contributed by atoms with van der Waals surface area (Å²) in [5.41, 5.74) is 8.88. The van der Waals surface area contributed by atoms with Gasteiger partial charge in [0.25, 0.3) is 0 Å². The number of hydrogen-bond donors (Lipinski definition) is 1. The molecule has 0 bridgehead atoms. The van der Waals surface area contributed by atoms with E-state index in [1.807, 2.05) is 16.8 Å². The smallest absolute Gasteiger partial charge is 0.148 e. The highest BCUT2D eigenvalue weighted by atomic mass is 79.9. The van der Waals surface area contributed by atoms with Crippen LogP contribution in [-0.2, 0) is 26.1 Å². The molecule has 0 atom stereocenters. The van der Waals surface area contributed by atoms with Crippen LogP contribution < -0.4 is 10.5 Å². The summed E-state index contributed by atoms with van der Waals surface area (Å²) < 4.78 is 9.74. The molecule has 0 aliphatic heterocycles. The van der Waals surface area contributed by atoms with E-state index in [2.05, 4.69) is 56.9 Å². The number of halogens is 2. The van der Waals surface area contributed by atoms with Crippen molar-refractivity contribution in [1.82, 2.24) is 9.78 Å². The van der Waals surface area contributed by atoms with Gasteiger partial charge in [0.05, 0.1) is 20.3 Å². The fraction of sp³-hybridized carbons (Fsp3) is 0.400. The van der Waals surface area contributed by atoms with Crippen molar-refractivity contribution < 1.29 is 4.74 Å². The molecule has 0 aliphatic carbocycles. The molecule has 21 heavy (non-hydrogen) atoms. The Balaban J connectivity index is 2.18. The molecule has 0 saturated heterocycles. The number of aromatic nitrogens is 2. The molecule has 2 rings (SSSR count). The van der Waals surface area contributed by atoms with Crippen molar-refractivity contribution in [3.05, 3.63) is 44.1 Å². The first kappa shape index (κ1) is 16.5. The molecule has 0 saturated carbocycles. The summed E-state index contributed by atoms with van der Waals surface area (Å²) in [5, 5.41) is 4.53. The van der Waals surface area contributed by atoms with E-state index in [1.165, 1.54) is 0 Å². The van der Waals surface area contributed by atoms with E-state index in [0.29, 0.717) is 13.2 Å². The summed E-state index contributed by atoms with van der Waals surface area (Å²) in [7, 11) is 0. The summed E-state index contributed by atoms with van der Waals surface area (Å²) >= 11 is 7.07. The van der Waals surface area contributed by atoms with Crippen molar-refractivity contribution >= 4 is 31.9 Å². The lowest BCUT2D eigenvalue weighted by Gasteiger charge is -2.12. The molecule has 0 amide bonds. The SMILES string of the molecule is CCc1cc(COc2c(Br)cc(CN)cc2Br)n(CC)n1. The van der Waals surface area contributed by atoms with Gasteiger partial charge in [0.15, 0.2) is 0 Å². The molecule has 114 valence electrons. The highest BCUT2D eigenvalue weighted by Crippen LogP contribution is 2.35. The molecule has 1 aromatic heterocycles. The highest BCUT2D eigenvalue weighted by molar-refractivity contribution is 9.11. The average molecular weight is 417 g/mol. The largest absolute Gasteiger partial charge is 0.485 e. The molecule has 0 spiro atoms. The van der Waals surface area contributed by atoms with E-state index in [9.17, 15) is 0 Å². The molecule has 4 nitrogen and oxygen atoms in total. The van der Waals surface area contributed by atoms with E-state index in [1.54, 1.807) is 0 Å². The van der Waals surface area contributed by atoms with Crippen molar-refractivity contribution in [3.8, 4) is 5.75 Å². The average Bonchev–Trinajstić information content (AvgIpc) is 2.88. The second kappa shape index (κ2) is 7.42. The summed E-state index contributed by atoms with van der Waals surface area (Å²) in [6.07, 6.45) is 0.929. The third-order valence-electron chi connectivity index (χ3n) is 3.23. The van der Waals surface area contributed by atoms with Crippen LogP contribution in [0.3, 0.4) is 0 Å². The number of rotatable bonds is 6. The van der Waals surface area contributed by atoms with Gasteiger partial charge in [-0.25, -0.2) is 0 Å². The number of hydrogen-bond acceptors (Lipinski definition) is 3. The Bertz CT molecular complexity index is 602. The van der Waals surface area contributed by atoms with Crippen LogP contribution in [0.1, 0.15) is 30.8 Å². The number of ether oxygens (including phenoxy) is 1. The van der Waals surface area contributed by atoms with Crippen LogP contribution in [0.25, 0.3) is 0 Å². The highest BCUT2D eigenvalue weighted by Gasteiger charge is 2.11. The van der Waals surface area contributed by atoms with Crippen LogP contribution >= 0.6 is 31.9 Å². The minimum Gasteiger partial charge on any atom is -0.485 e. The standard InChI is InChI=1S/C15H19Br2N3O/c1-3-11-7-12(20(4-2)19-11)9-21-15-13(16)5-10(8-18)6-14(15)17/h5-7H,3-4,8-9,18H2,1-2H3. The Morgan fingerprint density at radius 3 is 2.38 bits per heavy atom. The van der Waals surface area contributed by atoms with Gasteiger partial charge in [0.1, 0.15) is 12.4 Å². The lowest BCUT2D eigenvalue weighted by atomic mass is 10.2. The first-order valence-corrected chi connectivity index (χ1v) is 8.54. The van der Waals surface area contributed by atoms with Crippen LogP contribution in [0.2, 0.25) is 0 Å². The fourth-order valence-corrected chi connectivity index (χ4v) is 3.60. The lowest BCUT2D eigenvalue weighted by Crippen LogP contribution is -2.07. The maximum Gasteiger partial charge on any atom is 0.148 e. The molecule has 2 aromatic rings. The quantitative estimate of drug-likeness (QED) is 0.773. The monoisotopic (exact) mass is 415 g/mol. The number of nitrogens with zero attached hydrogens (tertiary/aromatic N) is 2. The van der Waals surface area contributed by atoms with Crippen LogP contribution in [0.4, 0.5) is 0 Å². The van der Waals surface area contributed by atoms with Crippen LogP contribution in [-0.4, -0.2) is 9.78 Å². The molecular formula is C15H19Br2N3O. The molecule has 0 aliphatic rings. The van der Waals surface area contributed by atoms with Crippen molar-refractivity contribution in [2.45, 2.75) is 40.0 Å². The van der Waals surface area contributed by atoms with Gasteiger partial charge in [-0.05, 0) is 69.0 Å². The zero-order chi connectivity index (χ0) is 15.4. The Labute approximate surface area is 141 Å². The van der Waals surface area contributed by atoms with E-state index >= 15 is 0 Å². The lowest BCUT2D eigenvalue weighted by molar-refractivity contribution is 0.289. The minimum absolute atomic E-state index is 0.486. The van der Waals surface area contributed by atoms with E-state index in [0.717, 1.165) is 44.6 Å². The maximum atomic E-state index is 5.96. The molecule has 0 radical (unpaired) electrons. The van der Waals surface area contributed by atoms with Gasteiger partial charge in [-0.15, -0.1) is 0 Å². The second-order valence-corrected chi connectivity index (χ2v) is 6.39. The van der Waals surface area contributed by atoms with Gasteiger partial charge in [0, 0.05) is 13.1 Å². The van der Waals surface area contributed by atoms with Crippen molar-refractivity contribution in [2.24, 2.45) is 5.73 Å². The van der Waals surface area contributed by atoms with E-state index < -0.39 is 0 Å². The first-order valence-electron chi connectivity index (χ1n) is 6.95. The maximum absolute atomic E-state index is 5.96. The third-order valence-corrected chi connectivity index (χ3v) is 4.41. The molecule has 1 aromatic carbocycles.